The smallest absolute Gasteiger partial charge is 0.215 e. The van der Waals surface area contributed by atoms with E-state index in [0.29, 0.717) is 18.8 Å². The Morgan fingerprint density at radius 3 is 2.70 bits per heavy atom. The molecule has 0 atom stereocenters. The summed E-state index contributed by atoms with van der Waals surface area (Å²) in [7, 11) is -3.13. The lowest BCUT2D eigenvalue weighted by atomic mass is 9.70. The van der Waals surface area contributed by atoms with Crippen LogP contribution in [0.15, 0.2) is 18.5 Å². The normalized spacial score (nSPS) is 22.9. The molecule has 7 heteroatoms. The van der Waals surface area contributed by atoms with Crippen molar-refractivity contribution >= 4 is 21.1 Å². The van der Waals surface area contributed by atoms with Crippen LogP contribution in [0, 0.1) is 5.41 Å². The van der Waals surface area contributed by atoms with Gasteiger partial charge in [-0.2, -0.15) is 9.40 Å². The van der Waals surface area contributed by atoms with E-state index >= 15 is 0 Å². The van der Waals surface area contributed by atoms with Crippen molar-refractivity contribution in [1.82, 2.24) is 19.1 Å². The Morgan fingerprint density at radius 1 is 1.30 bits per heavy atom. The first kappa shape index (κ1) is 15.1. The van der Waals surface area contributed by atoms with E-state index in [1.807, 2.05) is 10.7 Å². The van der Waals surface area contributed by atoms with Crippen LogP contribution in [0.3, 0.4) is 0 Å². The van der Waals surface area contributed by atoms with E-state index in [-0.39, 0.29) is 11.5 Å². The van der Waals surface area contributed by atoms with Crippen LogP contribution in [0.4, 0.5) is 0 Å². The van der Waals surface area contributed by atoms with Gasteiger partial charge in [-0.3, -0.25) is 0 Å². The molecule has 2 fully saturated rings. The second-order valence-corrected chi connectivity index (χ2v) is 9.29. The van der Waals surface area contributed by atoms with Crippen molar-refractivity contribution in [2.75, 3.05) is 12.3 Å². The fourth-order valence-electron chi connectivity index (χ4n) is 3.78. The Bertz CT molecular complexity index is 852. The van der Waals surface area contributed by atoms with Gasteiger partial charge in [-0.25, -0.2) is 18.1 Å². The minimum Gasteiger partial charge on any atom is -0.245 e. The van der Waals surface area contributed by atoms with E-state index < -0.39 is 10.0 Å². The molecule has 0 aromatic carbocycles. The summed E-state index contributed by atoms with van der Waals surface area (Å²) >= 11 is 0. The van der Waals surface area contributed by atoms with Crippen LogP contribution in [-0.2, 0) is 16.6 Å². The summed E-state index contributed by atoms with van der Waals surface area (Å²) in [6.45, 7) is 5.21. The second kappa shape index (κ2) is 5.01. The standard InChI is InChI=1S/C16H22N4O2S/c1-12(2)20-15-14(8-18-20)6-13(7-17-15)9-19-10-16(4-3-5-16)11-23(19,21)22/h6-8,12H,3-5,9-11H2,1-2H3. The Labute approximate surface area is 136 Å². The molecule has 2 aromatic rings. The van der Waals surface area contributed by atoms with Gasteiger partial charge in [0.15, 0.2) is 5.65 Å². The largest absolute Gasteiger partial charge is 0.245 e. The van der Waals surface area contributed by atoms with Crippen molar-refractivity contribution in [3.63, 3.8) is 0 Å². The van der Waals surface area contributed by atoms with Gasteiger partial charge in [-0.05, 0) is 43.7 Å². The number of sulfonamides is 1. The van der Waals surface area contributed by atoms with Crippen molar-refractivity contribution in [3.8, 4) is 0 Å². The van der Waals surface area contributed by atoms with Gasteiger partial charge in [0.2, 0.25) is 10.0 Å². The van der Waals surface area contributed by atoms with Crippen molar-refractivity contribution in [2.24, 2.45) is 5.41 Å². The summed E-state index contributed by atoms with van der Waals surface area (Å²) in [4.78, 5) is 4.50. The van der Waals surface area contributed by atoms with E-state index in [1.54, 1.807) is 16.7 Å². The minimum absolute atomic E-state index is 0.0267. The molecule has 1 saturated carbocycles. The average Bonchev–Trinajstić information content (AvgIpc) is 2.97. The first-order chi connectivity index (χ1) is 10.9. The summed E-state index contributed by atoms with van der Waals surface area (Å²) in [6, 6.07) is 2.26. The molecule has 23 heavy (non-hydrogen) atoms. The van der Waals surface area contributed by atoms with Crippen LogP contribution < -0.4 is 0 Å². The predicted molar refractivity (Wildman–Crippen MR) is 88.4 cm³/mol. The van der Waals surface area contributed by atoms with E-state index in [2.05, 4.69) is 23.9 Å². The Balaban J connectivity index is 1.60. The van der Waals surface area contributed by atoms with Crippen LogP contribution in [0.25, 0.3) is 11.0 Å². The molecule has 2 aliphatic rings. The van der Waals surface area contributed by atoms with Gasteiger partial charge in [0.1, 0.15) is 0 Å². The lowest BCUT2D eigenvalue weighted by Gasteiger charge is -2.36. The van der Waals surface area contributed by atoms with Crippen LogP contribution in [0.5, 0.6) is 0 Å². The highest BCUT2D eigenvalue weighted by molar-refractivity contribution is 7.89. The number of aromatic nitrogens is 3. The van der Waals surface area contributed by atoms with Gasteiger partial charge in [-0.15, -0.1) is 0 Å². The van der Waals surface area contributed by atoms with Crippen LogP contribution in [0.1, 0.15) is 44.7 Å². The van der Waals surface area contributed by atoms with Crippen LogP contribution in [0.2, 0.25) is 0 Å². The third-order valence-corrected chi connectivity index (χ3v) is 7.17. The monoisotopic (exact) mass is 334 g/mol. The molecule has 0 unspecified atom stereocenters. The quantitative estimate of drug-likeness (QED) is 0.864. The van der Waals surface area contributed by atoms with Crippen molar-refractivity contribution in [2.45, 2.75) is 45.7 Å². The third-order valence-electron chi connectivity index (χ3n) is 5.15. The molecule has 0 amide bonds. The van der Waals surface area contributed by atoms with Gasteiger partial charge in [0.05, 0.1) is 11.9 Å². The lowest BCUT2D eigenvalue weighted by molar-refractivity contribution is 0.151. The van der Waals surface area contributed by atoms with Gasteiger partial charge < -0.3 is 0 Å². The summed E-state index contributed by atoms with van der Waals surface area (Å²) in [5, 5.41) is 5.33. The zero-order valence-corrected chi connectivity index (χ0v) is 14.4. The zero-order chi connectivity index (χ0) is 16.2. The fourth-order valence-corrected chi connectivity index (χ4v) is 5.94. The molecule has 6 nitrogen and oxygen atoms in total. The maximum atomic E-state index is 12.4. The Hall–Kier alpha value is -1.47. The Morgan fingerprint density at radius 2 is 2.09 bits per heavy atom. The summed E-state index contributed by atoms with van der Waals surface area (Å²) in [5.74, 6) is 0.320. The van der Waals surface area contributed by atoms with Crippen LogP contribution >= 0.6 is 0 Å². The molecular weight excluding hydrogens is 312 g/mol. The van der Waals surface area contributed by atoms with Crippen LogP contribution in [-0.4, -0.2) is 39.8 Å². The topological polar surface area (TPSA) is 68.1 Å². The predicted octanol–water partition coefficient (Wildman–Crippen LogP) is 2.33. The summed E-state index contributed by atoms with van der Waals surface area (Å²) in [5.41, 5.74) is 1.81. The van der Waals surface area contributed by atoms with Gasteiger partial charge >= 0.3 is 0 Å². The van der Waals surface area contributed by atoms with Gasteiger partial charge in [0.25, 0.3) is 0 Å². The number of nitrogens with zero attached hydrogens (tertiary/aromatic N) is 4. The number of pyridine rings is 1. The van der Waals surface area contributed by atoms with Crippen molar-refractivity contribution in [1.29, 1.82) is 0 Å². The molecule has 0 N–H and O–H groups in total. The molecule has 0 radical (unpaired) electrons. The number of hydrogen-bond donors (Lipinski definition) is 0. The summed E-state index contributed by atoms with van der Waals surface area (Å²) < 4.78 is 28.4. The highest BCUT2D eigenvalue weighted by Crippen LogP contribution is 2.47. The van der Waals surface area contributed by atoms with E-state index in [9.17, 15) is 8.42 Å². The molecular formula is C16H22N4O2S. The third kappa shape index (κ3) is 2.46. The fraction of sp³-hybridized carbons (Fsp3) is 0.625. The molecule has 1 saturated heterocycles. The minimum atomic E-state index is -3.13. The van der Waals surface area contributed by atoms with E-state index in [1.165, 1.54) is 0 Å². The van der Waals surface area contributed by atoms with E-state index in [0.717, 1.165) is 35.9 Å². The molecule has 1 spiro atoms. The molecule has 4 rings (SSSR count). The SMILES string of the molecule is CC(C)n1ncc2cc(CN3CC4(CCC4)CS3(=O)=O)cnc21. The van der Waals surface area contributed by atoms with Crippen molar-refractivity contribution < 1.29 is 8.42 Å². The molecule has 3 heterocycles. The van der Waals surface area contributed by atoms with E-state index in [4.69, 9.17) is 0 Å². The second-order valence-electron chi connectivity index (χ2n) is 7.32. The molecule has 0 bridgehead atoms. The van der Waals surface area contributed by atoms with Crippen molar-refractivity contribution in [3.05, 3.63) is 24.0 Å². The molecule has 1 aliphatic heterocycles. The first-order valence-corrected chi connectivity index (χ1v) is 9.80. The average molecular weight is 334 g/mol. The number of rotatable bonds is 3. The first-order valence-electron chi connectivity index (χ1n) is 8.19. The van der Waals surface area contributed by atoms with Gasteiger partial charge in [-0.1, -0.05) is 6.42 Å². The summed E-state index contributed by atoms with van der Waals surface area (Å²) in [6.07, 6.45) is 6.83. The molecule has 2 aromatic heterocycles. The Kier molecular flexibility index (Phi) is 3.29. The highest BCUT2D eigenvalue weighted by Gasteiger charge is 2.50. The molecule has 1 aliphatic carbocycles. The lowest BCUT2D eigenvalue weighted by Crippen LogP contribution is -2.34. The van der Waals surface area contributed by atoms with Gasteiger partial charge in [0, 0.05) is 30.7 Å². The zero-order valence-electron chi connectivity index (χ0n) is 13.6. The highest BCUT2D eigenvalue weighted by atomic mass is 32.2. The maximum Gasteiger partial charge on any atom is 0.215 e. The number of hydrogen-bond acceptors (Lipinski definition) is 4. The molecule has 124 valence electrons. The maximum absolute atomic E-state index is 12.4. The number of fused-ring (bicyclic) bond motifs is 1.